The molecule has 2 aromatic rings. The zero-order valence-corrected chi connectivity index (χ0v) is 19.2. The number of fused-ring (bicyclic) bond motifs is 3. The van der Waals surface area contributed by atoms with Crippen LogP contribution in [0, 0.1) is 5.92 Å². The fraction of sp³-hybridized carbons (Fsp3) is 0.423. The van der Waals surface area contributed by atoms with Gasteiger partial charge in [0.15, 0.2) is 0 Å². The van der Waals surface area contributed by atoms with E-state index in [4.69, 9.17) is 4.74 Å². The van der Waals surface area contributed by atoms with E-state index < -0.39 is 29.6 Å². The smallest absolute Gasteiger partial charge is 0.407 e. The van der Waals surface area contributed by atoms with Crippen LogP contribution < -0.4 is 5.32 Å². The molecule has 7 heteroatoms. The van der Waals surface area contributed by atoms with Gasteiger partial charge in [0.2, 0.25) is 5.91 Å². The number of benzene rings is 2. The number of ether oxygens (including phenoxy) is 1. The Morgan fingerprint density at radius 2 is 1.67 bits per heavy atom. The number of carboxylic acids is 1. The third-order valence-electron chi connectivity index (χ3n) is 7.20. The zero-order valence-electron chi connectivity index (χ0n) is 19.2. The molecule has 1 aliphatic carbocycles. The lowest BCUT2D eigenvalue weighted by atomic mass is 9.95. The lowest BCUT2D eigenvalue weighted by molar-refractivity contribution is -0.157. The van der Waals surface area contributed by atoms with Crippen molar-refractivity contribution in [3.63, 3.8) is 0 Å². The van der Waals surface area contributed by atoms with Gasteiger partial charge in [-0.05, 0) is 48.9 Å². The van der Waals surface area contributed by atoms with Crippen molar-refractivity contribution in [3.8, 4) is 11.1 Å². The summed E-state index contributed by atoms with van der Waals surface area (Å²) in [6.45, 7) is 5.62. The minimum absolute atomic E-state index is 0.0432. The summed E-state index contributed by atoms with van der Waals surface area (Å²) in [5.41, 5.74) is 3.37. The number of nitrogens with one attached hydrogen (secondary N) is 1. The molecule has 1 fully saturated rings. The Morgan fingerprint density at radius 3 is 2.24 bits per heavy atom. The van der Waals surface area contributed by atoms with Crippen LogP contribution in [0.15, 0.2) is 48.5 Å². The first-order chi connectivity index (χ1) is 15.7. The first-order valence-electron chi connectivity index (χ1n) is 11.4. The number of hydrogen-bond donors (Lipinski definition) is 2. The topological polar surface area (TPSA) is 95.9 Å². The molecule has 0 radical (unpaired) electrons. The van der Waals surface area contributed by atoms with Crippen molar-refractivity contribution >= 4 is 18.0 Å². The Labute approximate surface area is 193 Å². The number of amides is 2. The lowest BCUT2D eigenvalue weighted by Crippen LogP contribution is -2.54. The third-order valence-corrected chi connectivity index (χ3v) is 7.20. The summed E-state index contributed by atoms with van der Waals surface area (Å²) in [7, 11) is 0. The van der Waals surface area contributed by atoms with E-state index in [1.165, 1.54) is 4.90 Å². The van der Waals surface area contributed by atoms with Gasteiger partial charge in [-0.2, -0.15) is 0 Å². The van der Waals surface area contributed by atoms with E-state index >= 15 is 0 Å². The number of rotatable bonds is 6. The van der Waals surface area contributed by atoms with Gasteiger partial charge in [-0.1, -0.05) is 55.5 Å². The van der Waals surface area contributed by atoms with E-state index in [0.717, 1.165) is 22.3 Å². The zero-order chi connectivity index (χ0) is 23.8. The van der Waals surface area contributed by atoms with Crippen LogP contribution in [0.3, 0.4) is 0 Å². The number of aliphatic carboxylic acids is 1. The van der Waals surface area contributed by atoms with Gasteiger partial charge in [0, 0.05) is 18.5 Å². The van der Waals surface area contributed by atoms with Gasteiger partial charge in [-0.3, -0.25) is 4.79 Å². The third kappa shape index (κ3) is 4.08. The van der Waals surface area contributed by atoms with E-state index in [-0.39, 0.29) is 18.4 Å². The van der Waals surface area contributed by atoms with E-state index in [2.05, 4.69) is 29.6 Å². The summed E-state index contributed by atoms with van der Waals surface area (Å²) < 4.78 is 5.58. The molecule has 2 aliphatic rings. The molecular weight excluding hydrogens is 420 g/mol. The number of carbonyl (C=O) groups is 3. The molecule has 0 saturated carbocycles. The molecule has 1 saturated heterocycles. The van der Waals surface area contributed by atoms with Crippen LogP contribution >= 0.6 is 0 Å². The first kappa shape index (κ1) is 22.8. The van der Waals surface area contributed by atoms with Gasteiger partial charge in [0.05, 0.1) is 5.92 Å². The van der Waals surface area contributed by atoms with Crippen LogP contribution in [0.4, 0.5) is 4.79 Å². The molecule has 1 aliphatic heterocycles. The van der Waals surface area contributed by atoms with Crippen LogP contribution in [0.25, 0.3) is 11.1 Å². The van der Waals surface area contributed by atoms with Crippen LogP contribution in [0.5, 0.6) is 0 Å². The number of hydrogen-bond acceptors (Lipinski definition) is 4. The number of nitrogens with zero attached hydrogens (tertiary/aromatic N) is 1. The lowest BCUT2D eigenvalue weighted by Gasteiger charge is -2.34. The average Bonchev–Trinajstić information content (AvgIpc) is 3.36. The van der Waals surface area contributed by atoms with Crippen LogP contribution in [-0.2, 0) is 14.3 Å². The highest BCUT2D eigenvalue weighted by atomic mass is 16.5. The first-order valence-corrected chi connectivity index (χ1v) is 11.4. The van der Waals surface area contributed by atoms with Crippen LogP contribution in [0.1, 0.15) is 50.7 Å². The summed E-state index contributed by atoms with van der Waals surface area (Å²) in [6.07, 6.45) is 0.483. The van der Waals surface area contributed by atoms with Gasteiger partial charge in [0.25, 0.3) is 0 Å². The Balaban J connectivity index is 1.37. The van der Waals surface area contributed by atoms with E-state index in [1.54, 1.807) is 20.8 Å². The highest BCUT2D eigenvalue weighted by Crippen LogP contribution is 2.44. The Kier molecular flexibility index (Phi) is 6.15. The van der Waals surface area contributed by atoms with Gasteiger partial charge in [-0.15, -0.1) is 0 Å². The van der Waals surface area contributed by atoms with Gasteiger partial charge >= 0.3 is 12.1 Å². The summed E-state index contributed by atoms with van der Waals surface area (Å²) >= 11 is 0. The average molecular weight is 451 g/mol. The van der Waals surface area contributed by atoms with Crippen molar-refractivity contribution < 1.29 is 24.2 Å². The highest BCUT2D eigenvalue weighted by Gasteiger charge is 2.47. The normalized spacial score (nSPS) is 21.1. The fourth-order valence-electron chi connectivity index (χ4n) is 4.95. The second kappa shape index (κ2) is 8.89. The van der Waals surface area contributed by atoms with Crippen molar-refractivity contribution in [3.05, 3.63) is 59.7 Å². The molecule has 1 heterocycles. The summed E-state index contributed by atoms with van der Waals surface area (Å²) in [4.78, 5) is 38.7. The molecule has 0 bridgehead atoms. The number of alkyl carbamates (subject to hydrolysis) is 1. The maximum Gasteiger partial charge on any atom is 0.407 e. The van der Waals surface area contributed by atoms with Crippen molar-refractivity contribution in [2.45, 2.75) is 51.1 Å². The standard InChI is InChI=1S/C26H30N2O5/c1-16(23(29)28-14-8-13-26(28,3)24(30)31)17(2)27-25(32)33-15-22-20-11-6-4-9-18(20)19-10-5-7-12-21(19)22/h4-7,9-12,16-17,22H,8,13-15H2,1-3H3,(H,27,32)(H,30,31). The van der Waals surface area contributed by atoms with E-state index in [9.17, 15) is 19.5 Å². The molecule has 0 spiro atoms. The van der Waals surface area contributed by atoms with Gasteiger partial charge in [0.1, 0.15) is 12.1 Å². The molecule has 3 unspecified atom stereocenters. The minimum atomic E-state index is -1.20. The Morgan fingerprint density at radius 1 is 1.09 bits per heavy atom. The Bertz CT molecular complexity index is 1040. The van der Waals surface area contributed by atoms with Crippen molar-refractivity contribution in [2.75, 3.05) is 13.2 Å². The molecule has 7 nitrogen and oxygen atoms in total. The maximum atomic E-state index is 13.0. The SMILES string of the molecule is CC(NC(=O)OCC1c2ccccc2-c2ccccc21)C(C)C(=O)N1CCCC1(C)C(=O)O. The van der Waals surface area contributed by atoms with Gasteiger partial charge in [-0.25, -0.2) is 9.59 Å². The minimum Gasteiger partial charge on any atom is -0.480 e. The summed E-state index contributed by atoms with van der Waals surface area (Å²) in [5, 5.41) is 12.3. The predicted molar refractivity (Wildman–Crippen MR) is 124 cm³/mol. The number of carboxylic acid groups (broad SMARTS) is 1. The second-order valence-corrected chi connectivity index (χ2v) is 9.22. The van der Waals surface area contributed by atoms with Gasteiger partial charge < -0.3 is 20.1 Å². The van der Waals surface area contributed by atoms with Crippen LogP contribution in [-0.4, -0.2) is 52.7 Å². The quantitative estimate of drug-likeness (QED) is 0.693. The van der Waals surface area contributed by atoms with E-state index in [0.29, 0.717) is 19.4 Å². The molecule has 4 rings (SSSR count). The summed E-state index contributed by atoms with van der Waals surface area (Å²) in [5.74, 6) is -1.90. The molecule has 33 heavy (non-hydrogen) atoms. The molecule has 2 N–H and O–H groups in total. The number of likely N-dealkylation sites (tertiary alicyclic amines) is 1. The molecular formula is C26H30N2O5. The monoisotopic (exact) mass is 450 g/mol. The predicted octanol–water partition coefficient (Wildman–Crippen LogP) is 4.02. The molecule has 3 atom stereocenters. The van der Waals surface area contributed by atoms with Crippen molar-refractivity contribution in [2.24, 2.45) is 5.92 Å². The fourth-order valence-corrected chi connectivity index (χ4v) is 4.95. The maximum absolute atomic E-state index is 13.0. The largest absolute Gasteiger partial charge is 0.480 e. The molecule has 2 amide bonds. The highest BCUT2D eigenvalue weighted by molar-refractivity contribution is 5.89. The second-order valence-electron chi connectivity index (χ2n) is 9.22. The summed E-state index contributed by atoms with van der Waals surface area (Å²) in [6, 6.07) is 15.7. The molecule has 174 valence electrons. The van der Waals surface area contributed by atoms with Crippen LogP contribution in [0.2, 0.25) is 0 Å². The number of carbonyl (C=O) groups excluding carboxylic acids is 2. The van der Waals surface area contributed by atoms with E-state index in [1.807, 2.05) is 24.3 Å². The molecule has 2 aromatic carbocycles. The Hall–Kier alpha value is -3.35. The van der Waals surface area contributed by atoms with Crippen molar-refractivity contribution in [1.82, 2.24) is 10.2 Å². The molecule has 0 aromatic heterocycles. The van der Waals surface area contributed by atoms with Crippen molar-refractivity contribution in [1.29, 1.82) is 0 Å².